The molecule has 1 amide bonds. The minimum atomic E-state index is -0.573. The number of thiophene rings is 1. The van der Waals surface area contributed by atoms with Gasteiger partial charge in [-0.2, -0.15) is 0 Å². The largest absolute Gasteiger partial charge is 0.483 e. The molecule has 0 spiro atoms. The molecule has 1 aromatic carbocycles. The molecule has 4 N–H and O–H groups in total. The lowest BCUT2D eigenvalue weighted by atomic mass is 9.85. The van der Waals surface area contributed by atoms with E-state index in [1.807, 2.05) is 41.7 Å². The smallest absolute Gasteiger partial charge is 0.290 e. The second-order valence-electron chi connectivity index (χ2n) is 7.34. The van der Waals surface area contributed by atoms with Crippen LogP contribution in [-0.2, 0) is 25.7 Å². The van der Waals surface area contributed by atoms with Crippen molar-refractivity contribution in [1.82, 2.24) is 10.2 Å². The fourth-order valence-corrected chi connectivity index (χ4v) is 4.45. The number of aryl methyl sites for hydroxylation is 1. The third kappa shape index (κ3) is 9.60. The van der Waals surface area contributed by atoms with E-state index in [1.165, 1.54) is 10.4 Å². The average Bonchev–Trinajstić information content (AvgIpc) is 3.21. The zero-order chi connectivity index (χ0) is 24.5. The van der Waals surface area contributed by atoms with Gasteiger partial charge in [-0.05, 0) is 48.9 Å². The van der Waals surface area contributed by atoms with Gasteiger partial charge in [-0.1, -0.05) is 18.2 Å². The van der Waals surface area contributed by atoms with Gasteiger partial charge >= 0.3 is 0 Å². The van der Waals surface area contributed by atoms with Crippen molar-refractivity contribution in [1.29, 1.82) is 0 Å². The molecule has 0 atom stereocenters. The Morgan fingerprint density at radius 1 is 1.15 bits per heavy atom. The van der Waals surface area contributed by atoms with Crippen LogP contribution in [0.2, 0.25) is 0 Å². The number of hydrogen-bond acceptors (Lipinski definition) is 7. The molecule has 1 aromatic heterocycles. The topological polar surface area (TPSA) is 128 Å². The molecule has 0 radical (unpaired) electrons. The van der Waals surface area contributed by atoms with Crippen LogP contribution in [-0.4, -0.2) is 72.9 Å². The van der Waals surface area contributed by atoms with Crippen LogP contribution in [0.15, 0.2) is 41.8 Å². The molecule has 1 saturated heterocycles. The number of hydrogen-bond donors (Lipinski definition) is 4. The number of piperidine rings is 1. The monoisotopic (exact) mass is 479 g/mol. The first kappa shape index (κ1) is 28.1. The summed E-state index contributed by atoms with van der Waals surface area (Å²) in [6.45, 7) is 5.49. The average molecular weight is 480 g/mol. The number of carbonyl (C=O) groups is 3. The summed E-state index contributed by atoms with van der Waals surface area (Å²) in [5.74, 6) is 0.0651. The highest BCUT2D eigenvalue weighted by molar-refractivity contribution is 7.10. The number of nitrogens with one attached hydrogen (secondary N) is 2. The molecule has 10 heteroatoms. The Kier molecular flexibility index (Phi) is 13.4. The van der Waals surface area contributed by atoms with Gasteiger partial charge in [-0.3, -0.25) is 19.3 Å². The van der Waals surface area contributed by atoms with Crippen molar-refractivity contribution < 1.29 is 29.3 Å². The minimum Gasteiger partial charge on any atom is -0.483 e. The standard InChI is InChI=1S/C21H29N3O2S.2CH2O2/c1-17-8-15-27-19(17)16-24-12-9-21(10-13-24,20(25)22-11-14-26-2)23-18-6-4-3-5-7-18;2*2-1-3/h3-8,15,23H,9-14,16H2,1-2H3,(H,22,25);2*1H,(H,2,3). The Morgan fingerprint density at radius 2 is 1.76 bits per heavy atom. The first-order chi connectivity index (χ1) is 16.0. The number of nitrogens with zero attached hydrogens (tertiary/aromatic N) is 1. The number of methoxy groups -OCH3 is 1. The molecule has 3 rings (SSSR count). The zero-order valence-corrected chi connectivity index (χ0v) is 19.8. The van der Waals surface area contributed by atoms with E-state index in [9.17, 15) is 4.79 Å². The Labute approximate surface area is 198 Å². The lowest BCUT2D eigenvalue weighted by Gasteiger charge is -2.41. The molecule has 2 aromatic rings. The summed E-state index contributed by atoms with van der Waals surface area (Å²) >= 11 is 1.82. The predicted molar refractivity (Wildman–Crippen MR) is 129 cm³/mol. The molecule has 0 unspecified atom stereocenters. The summed E-state index contributed by atoms with van der Waals surface area (Å²) in [5, 5.41) is 22.5. The van der Waals surface area contributed by atoms with Gasteiger partial charge in [-0.25, -0.2) is 0 Å². The highest BCUT2D eigenvalue weighted by Crippen LogP contribution is 2.29. The molecule has 0 saturated carbocycles. The van der Waals surface area contributed by atoms with E-state index in [0.29, 0.717) is 13.2 Å². The first-order valence-corrected chi connectivity index (χ1v) is 11.4. The van der Waals surface area contributed by atoms with E-state index in [1.54, 1.807) is 7.11 Å². The second kappa shape index (κ2) is 15.8. The van der Waals surface area contributed by atoms with Crippen molar-refractivity contribution in [2.24, 2.45) is 0 Å². The number of para-hydroxylation sites is 1. The second-order valence-corrected chi connectivity index (χ2v) is 8.34. The number of ether oxygens (including phenoxy) is 1. The molecule has 182 valence electrons. The van der Waals surface area contributed by atoms with Crippen LogP contribution in [0.5, 0.6) is 0 Å². The summed E-state index contributed by atoms with van der Waals surface area (Å²) in [5.41, 5.74) is 1.77. The van der Waals surface area contributed by atoms with Crippen LogP contribution >= 0.6 is 11.3 Å². The maximum absolute atomic E-state index is 13.0. The Morgan fingerprint density at radius 3 is 2.27 bits per heavy atom. The van der Waals surface area contributed by atoms with Gasteiger partial charge in [0.1, 0.15) is 5.54 Å². The van der Waals surface area contributed by atoms with E-state index in [-0.39, 0.29) is 18.9 Å². The zero-order valence-electron chi connectivity index (χ0n) is 19.0. The lowest BCUT2D eigenvalue weighted by Crippen LogP contribution is -2.58. The number of carboxylic acid groups (broad SMARTS) is 2. The van der Waals surface area contributed by atoms with Crippen molar-refractivity contribution in [2.45, 2.75) is 31.8 Å². The van der Waals surface area contributed by atoms with Gasteiger partial charge in [0, 0.05) is 43.9 Å². The number of carbonyl (C=O) groups excluding carboxylic acids is 1. The summed E-state index contributed by atoms with van der Waals surface area (Å²) in [6, 6.07) is 12.2. The van der Waals surface area contributed by atoms with Crippen LogP contribution < -0.4 is 10.6 Å². The van der Waals surface area contributed by atoms with Crippen LogP contribution in [0.1, 0.15) is 23.3 Å². The van der Waals surface area contributed by atoms with Crippen LogP contribution in [0.25, 0.3) is 0 Å². The third-order valence-corrected chi connectivity index (χ3v) is 6.24. The maximum atomic E-state index is 13.0. The van der Waals surface area contributed by atoms with Crippen LogP contribution in [0, 0.1) is 6.92 Å². The van der Waals surface area contributed by atoms with E-state index < -0.39 is 5.54 Å². The van der Waals surface area contributed by atoms with Gasteiger partial charge in [0.2, 0.25) is 5.91 Å². The number of benzene rings is 1. The number of rotatable bonds is 8. The number of amides is 1. The molecule has 1 fully saturated rings. The minimum absolute atomic E-state index is 0.0651. The van der Waals surface area contributed by atoms with Crippen molar-refractivity contribution in [3.05, 3.63) is 52.2 Å². The highest BCUT2D eigenvalue weighted by Gasteiger charge is 2.41. The summed E-state index contributed by atoms with van der Waals surface area (Å²) in [7, 11) is 1.65. The fraction of sp³-hybridized carbons (Fsp3) is 0.435. The summed E-state index contributed by atoms with van der Waals surface area (Å²) < 4.78 is 5.08. The van der Waals surface area contributed by atoms with Crippen molar-refractivity contribution >= 4 is 35.9 Å². The summed E-state index contributed by atoms with van der Waals surface area (Å²) in [4.78, 5) is 33.6. The van der Waals surface area contributed by atoms with Gasteiger partial charge in [0.15, 0.2) is 0 Å². The Balaban J connectivity index is 0.000000819. The van der Waals surface area contributed by atoms with E-state index in [0.717, 1.165) is 38.2 Å². The lowest BCUT2D eigenvalue weighted by molar-refractivity contribution is -0.127. The molecule has 9 nitrogen and oxygen atoms in total. The fourth-order valence-electron chi connectivity index (χ4n) is 3.50. The normalized spacial score (nSPS) is 14.5. The number of likely N-dealkylation sites (tertiary alicyclic amines) is 1. The summed E-state index contributed by atoms with van der Waals surface area (Å²) in [6.07, 6.45) is 1.57. The van der Waals surface area contributed by atoms with Crippen molar-refractivity contribution in [3.8, 4) is 0 Å². The Bertz CT molecular complexity index is 817. The van der Waals surface area contributed by atoms with E-state index >= 15 is 0 Å². The van der Waals surface area contributed by atoms with Crippen molar-refractivity contribution in [3.63, 3.8) is 0 Å². The van der Waals surface area contributed by atoms with Gasteiger partial charge in [-0.15, -0.1) is 11.3 Å². The molecular weight excluding hydrogens is 446 g/mol. The van der Waals surface area contributed by atoms with Gasteiger partial charge in [0.05, 0.1) is 6.61 Å². The van der Waals surface area contributed by atoms with Crippen LogP contribution in [0.3, 0.4) is 0 Å². The first-order valence-electron chi connectivity index (χ1n) is 10.5. The molecule has 1 aliphatic rings. The molecular formula is C23H33N3O6S. The maximum Gasteiger partial charge on any atom is 0.290 e. The highest BCUT2D eigenvalue weighted by atomic mass is 32.1. The van der Waals surface area contributed by atoms with E-state index in [2.05, 4.69) is 33.9 Å². The SMILES string of the molecule is COCCNC(=O)C1(Nc2ccccc2)CCN(Cc2sccc2C)CC1.O=CO.O=CO. The van der Waals surface area contributed by atoms with Gasteiger partial charge < -0.3 is 25.6 Å². The van der Waals surface area contributed by atoms with E-state index in [4.69, 9.17) is 24.5 Å². The third-order valence-electron chi connectivity index (χ3n) is 5.23. The Hall–Kier alpha value is -2.95. The van der Waals surface area contributed by atoms with Gasteiger partial charge in [0.25, 0.3) is 12.9 Å². The molecule has 33 heavy (non-hydrogen) atoms. The quantitative estimate of drug-likeness (QED) is 0.336. The van der Waals surface area contributed by atoms with Crippen LogP contribution in [0.4, 0.5) is 5.69 Å². The molecule has 2 heterocycles. The predicted octanol–water partition coefficient (Wildman–Crippen LogP) is 2.67. The van der Waals surface area contributed by atoms with Crippen molar-refractivity contribution in [2.75, 3.05) is 38.7 Å². The molecule has 0 bridgehead atoms. The molecule has 1 aliphatic heterocycles. The number of anilines is 1. The molecule has 0 aliphatic carbocycles.